The zero-order valence-electron chi connectivity index (χ0n) is 12.2. The predicted octanol–water partition coefficient (Wildman–Crippen LogP) is 3.21. The molecule has 1 aromatic heterocycles. The normalized spacial score (nSPS) is 19.3. The van der Waals surface area contributed by atoms with Gasteiger partial charge in [-0.15, -0.1) is 0 Å². The molecule has 1 N–H and O–H groups in total. The van der Waals surface area contributed by atoms with Gasteiger partial charge >= 0.3 is 0 Å². The fraction of sp³-hybridized carbons (Fsp3) is 0.389. The summed E-state index contributed by atoms with van der Waals surface area (Å²) in [4.78, 5) is 4.29. The first-order valence-electron chi connectivity index (χ1n) is 7.77. The second-order valence-corrected chi connectivity index (χ2v) is 5.55. The fourth-order valence-electron chi connectivity index (χ4n) is 2.90. The van der Waals surface area contributed by atoms with Crippen molar-refractivity contribution in [3.63, 3.8) is 0 Å². The molecule has 3 heteroatoms. The number of pyridine rings is 1. The van der Waals surface area contributed by atoms with E-state index >= 15 is 0 Å². The highest BCUT2D eigenvalue weighted by Crippen LogP contribution is 2.19. The molecule has 0 radical (unpaired) electrons. The van der Waals surface area contributed by atoms with E-state index in [1.54, 1.807) is 6.20 Å². The van der Waals surface area contributed by atoms with E-state index in [9.17, 15) is 0 Å². The van der Waals surface area contributed by atoms with E-state index in [1.807, 2.05) is 18.2 Å². The number of nitrogens with zero attached hydrogens (tertiary/aromatic N) is 1. The lowest BCUT2D eigenvalue weighted by atomic mass is 10.0. The third-order valence-corrected chi connectivity index (χ3v) is 4.02. The Morgan fingerprint density at radius 3 is 2.71 bits per heavy atom. The van der Waals surface area contributed by atoms with Crippen LogP contribution in [0, 0.1) is 0 Å². The summed E-state index contributed by atoms with van der Waals surface area (Å²) in [5.74, 6) is 0.726. The van der Waals surface area contributed by atoms with Crippen molar-refractivity contribution < 1.29 is 4.74 Å². The van der Waals surface area contributed by atoms with Crippen molar-refractivity contribution in [2.45, 2.75) is 37.8 Å². The van der Waals surface area contributed by atoms with Crippen LogP contribution in [0.15, 0.2) is 54.7 Å². The fourth-order valence-corrected chi connectivity index (χ4v) is 2.90. The number of rotatable bonds is 6. The van der Waals surface area contributed by atoms with Crippen LogP contribution in [-0.2, 0) is 6.42 Å². The third kappa shape index (κ3) is 4.05. The molecule has 1 aromatic carbocycles. The Morgan fingerprint density at radius 1 is 1.14 bits per heavy atom. The second-order valence-electron chi connectivity index (χ2n) is 5.55. The van der Waals surface area contributed by atoms with Gasteiger partial charge in [0.25, 0.3) is 0 Å². The lowest BCUT2D eigenvalue weighted by Gasteiger charge is -2.24. The molecule has 21 heavy (non-hydrogen) atoms. The molecule has 110 valence electrons. The van der Waals surface area contributed by atoms with Gasteiger partial charge in [-0.05, 0) is 43.9 Å². The van der Waals surface area contributed by atoms with Crippen LogP contribution >= 0.6 is 0 Å². The van der Waals surface area contributed by atoms with Gasteiger partial charge in [-0.25, -0.2) is 4.98 Å². The minimum atomic E-state index is 0.183. The molecule has 1 aliphatic heterocycles. The Kier molecular flexibility index (Phi) is 4.85. The van der Waals surface area contributed by atoms with Crippen LogP contribution in [0.25, 0.3) is 0 Å². The smallest absolute Gasteiger partial charge is 0.213 e. The van der Waals surface area contributed by atoms with Gasteiger partial charge in [-0.3, -0.25) is 0 Å². The first-order chi connectivity index (χ1) is 10.4. The van der Waals surface area contributed by atoms with Gasteiger partial charge in [0.05, 0.1) is 0 Å². The molecule has 2 atom stereocenters. The molecule has 0 bridgehead atoms. The van der Waals surface area contributed by atoms with Crippen molar-refractivity contribution >= 4 is 0 Å². The lowest BCUT2D eigenvalue weighted by Crippen LogP contribution is -2.39. The summed E-state index contributed by atoms with van der Waals surface area (Å²) >= 11 is 0. The summed E-state index contributed by atoms with van der Waals surface area (Å²) in [5, 5.41) is 3.56. The zero-order chi connectivity index (χ0) is 14.3. The van der Waals surface area contributed by atoms with E-state index in [0.717, 1.165) is 25.3 Å². The van der Waals surface area contributed by atoms with Crippen LogP contribution in [-0.4, -0.2) is 23.7 Å². The molecule has 0 aliphatic carbocycles. The number of hydrogen-bond donors (Lipinski definition) is 1. The Labute approximate surface area is 126 Å². The van der Waals surface area contributed by atoms with E-state index < -0.39 is 0 Å². The molecule has 0 spiro atoms. The van der Waals surface area contributed by atoms with Crippen LogP contribution < -0.4 is 10.1 Å². The van der Waals surface area contributed by atoms with Crippen LogP contribution in [0.3, 0.4) is 0 Å². The SMILES string of the molecule is c1ccc(CCC(Oc2ccccn2)[C@@H]2CCCN2)cc1. The topological polar surface area (TPSA) is 34.1 Å². The van der Waals surface area contributed by atoms with Crippen LogP contribution in [0.1, 0.15) is 24.8 Å². The lowest BCUT2D eigenvalue weighted by molar-refractivity contribution is 0.145. The van der Waals surface area contributed by atoms with E-state index in [-0.39, 0.29) is 6.10 Å². The summed E-state index contributed by atoms with van der Waals surface area (Å²) in [5.41, 5.74) is 1.37. The zero-order valence-corrected chi connectivity index (χ0v) is 12.2. The summed E-state index contributed by atoms with van der Waals surface area (Å²) in [6, 6.07) is 16.9. The maximum Gasteiger partial charge on any atom is 0.213 e. The molecule has 1 aliphatic rings. The van der Waals surface area contributed by atoms with Crippen molar-refractivity contribution in [3.8, 4) is 5.88 Å². The molecule has 1 saturated heterocycles. The van der Waals surface area contributed by atoms with Gasteiger partial charge in [0, 0.05) is 18.3 Å². The minimum absolute atomic E-state index is 0.183. The average molecular weight is 282 g/mol. The largest absolute Gasteiger partial charge is 0.473 e. The monoisotopic (exact) mass is 282 g/mol. The molecule has 3 rings (SSSR count). The summed E-state index contributed by atoms with van der Waals surface area (Å²) < 4.78 is 6.15. The molecule has 3 nitrogen and oxygen atoms in total. The molecule has 2 heterocycles. The Morgan fingerprint density at radius 2 is 2.00 bits per heavy atom. The quantitative estimate of drug-likeness (QED) is 0.883. The number of nitrogens with one attached hydrogen (secondary N) is 1. The van der Waals surface area contributed by atoms with Gasteiger partial charge in [0.15, 0.2) is 0 Å². The van der Waals surface area contributed by atoms with Crippen molar-refractivity contribution in [1.29, 1.82) is 0 Å². The van der Waals surface area contributed by atoms with Crippen LogP contribution in [0.2, 0.25) is 0 Å². The van der Waals surface area contributed by atoms with Crippen molar-refractivity contribution in [2.24, 2.45) is 0 Å². The number of hydrogen-bond acceptors (Lipinski definition) is 3. The molecule has 1 unspecified atom stereocenters. The molecule has 0 saturated carbocycles. The number of aryl methyl sites for hydroxylation is 1. The van der Waals surface area contributed by atoms with E-state index in [2.05, 4.69) is 40.6 Å². The van der Waals surface area contributed by atoms with Crippen molar-refractivity contribution in [1.82, 2.24) is 10.3 Å². The number of aromatic nitrogens is 1. The average Bonchev–Trinajstić information content (AvgIpc) is 3.08. The van der Waals surface area contributed by atoms with E-state index in [0.29, 0.717) is 6.04 Å². The van der Waals surface area contributed by atoms with Crippen molar-refractivity contribution in [2.75, 3.05) is 6.54 Å². The highest BCUT2D eigenvalue weighted by atomic mass is 16.5. The Bertz CT molecular complexity index is 523. The molecule has 2 aromatic rings. The Balaban J connectivity index is 1.64. The van der Waals surface area contributed by atoms with Gasteiger partial charge in [0.1, 0.15) is 6.10 Å². The summed E-state index contributed by atoms with van der Waals surface area (Å²) in [6.45, 7) is 1.10. The van der Waals surface area contributed by atoms with Crippen LogP contribution in [0.4, 0.5) is 0 Å². The second kappa shape index (κ2) is 7.23. The summed E-state index contributed by atoms with van der Waals surface area (Å²) in [6.07, 6.45) is 6.44. The Hall–Kier alpha value is -1.87. The van der Waals surface area contributed by atoms with Crippen molar-refractivity contribution in [3.05, 3.63) is 60.3 Å². The minimum Gasteiger partial charge on any atom is -0.473 e. The predicted molar refractivity (Wildman–Crippen MR) is 84.4 cm³/mol. The van der Waals surface area contributed by atoms with Gasteiger partial charge in [-0.1, -0.05) is 36.4 Å². The van der Waals surface area contributed by atoms with Gasteiger partial charge < -0.3 is 10.1 Å². The first kappa shape index (κ1) is 14.1. The highest BCUT2D eigenvalue weighted by molar-refractivity contribution is 5.15. The molecular formula is C18H22N2O. The van der Waals surface area contributed by atoms with Gasteiger partial charge in [-0.2, -0.15) is 0 Å². The van der Waals surface area contributed by atoms with Crippen LogP contribution in [0.5, 0.6) is 5.88 Å². The maximum absolute atomic E-state index is 6.15. The molecule has 1 fully saturated rings. The molecule has 0 amide bonds. The first-order valence-corrected chi connectivity index (χ1v) is 7.77. The maximum atomic E-state index is 6.15. The third-order valence-electron chi connectivity index (χ3n) is 4.02. The number of benzene rings is 1. The standard InChI is InChI=1S/C18H22N2O/c1-2-7-15(8-3-1)11-12-17(16-9-6-14-19-16)21-18-10-4-5-13-20-18/h1-5,7-8,10,13,16-17,19H,6,9,11-12,14H2/t16-,17?/m0/s1. The highest BCUT2D eigenvalue weighted by Gasteiger charge is 2.26. The summed E-state index contributed by atoms with van der Waals surface area (Å²) in [7, 11) is 0. The van der Waals surface area contributed by atoms with Gasteiger partial charge in [0.2, 0.25) is 5.88 Å². The number of ether oxygens (including phenoxy) is 1. The van der Waals surface area contributed by atoms with E-state index in [4.69, 9.17) is 4.74 Å². The molecular weight excluding hydrogens is 260 g/mol. The van der Waals surface area contributed by atoms with E-state index in [1.165, 1.54) is 18.4 Å².